The van der Waals surface area contributed by atoms with Gasteiger partial charge in [-0.2, -0.15) is 11.8 Å². The van der Waals surface area contributed by atoms with Crippen LogP contribution >= 0.6 is 11.8 Å². The molecule has 0 spiro atoms. The summed E-state index contributed by atoms with van der Waals surface area (Å²) in [6.45, 7) is 8.75. The highest BCUT2D eigenvalue weighted by Crippen LogP contribution is 2.24. The second-order valence-corrected chi connectivity index (χ2v) is 6.48. The van der Waals surface area contributed by atoms with Crippen molar-refractivity contribution in [3.8, 4) is 0 Å². The highest BCUT2D eigenvalue weighted by atomic mass is 32.2. The van der Waals surface area contributed by atoms with Crippen molar-refractivity contribution < 1.29 is 9.59 Å². The van der Waals surface area contributed by atoms with Gasteiger partial charge >= 0.3 is 0 Å². The molecule has 1 atom stereocenters. The Bertz CT molecular complexity index is 329. The summed E-state index contributed by atoms with van der Waals surface area (Å²) in [6.07, 6.45) is 1.71. The van der Waals surface area contributed by atoms with Gasteiger partial charge in [0.15, 0.2) is 0 Å². The van der Waals surface area contributed by atoms with Crippen LogP contribution in [0.2, 0.25) is 0 Å². The molecule has 1 unspecified atom stereocenters. The Morgan fingerprint density at radius 1 is 1.32 bits per heavy atom. The van der Waals surface area contributed by atoms with Gasteiger partial charge in [0, 0.05) is 24.8 Å². The first-order valence-electron chi connectivity index (χ1n) is 7.20. The first-order valence-corrected chi connectivity index (χ1v) is 8.36. The minimum atomic E-state index is -0.696. The van der Waals surface area contributed by atoms with Gasteiger partial charge in [-0.25, -0.2) is 0 Å². The monoisotopic (exact) mass is 286 g/mol. The quantitative estimate of drug-likeness (QED) is 0.760. The molecule has 0 radical (unpaired) electrons. The number of nitrogens with zero attached hydrogens (tertiary/aromatic N) is 1. The van der Waals surface area contributed by atoms with Gasteiger partial charge in [0.05, 0.1) is 0 Å². The van der Waals surface area contributed by atoms with Crippen LogP contribution in [-0.2, 0) is 9.59 Å². The third-order valence-corrected chi connectivity index (χ3v) is 4.83. The van der Waals surface area contributed by atoms with Crippen molar-refractivity contribution in [1.82, 2.24) is 10.2 Å². The smallest absolute Gasteiger partial charge is 0.248 e. The second-order valence-electron chi connectivity index (χ2n) is 5.09. The topological polar surface area (TPSA) is 49.4 Å². The zero-order chi connectivity index (χ0) is 14.5. The van der Waals surface area contributed by atoms with Crippen molar-refractivity contribution in [1.29, 1.82) is 0 Å². The lowest BCUT2D eigenvalue weighted by Crippen LogP contribution is -2.57. The molecule has 1 aliphatic rings. The molecule has 110 valence electrons. The summed E-state index contributed by atoms with van der Waals surface area (Å²) >= 11 is 1.83. The average Bonchev–Trinajstić information content (AvgIpc) is 2.48. The van der Waals surface area contributed by atoms with E-state index in [0.717, 1.165) is 18.1 Å². The molecule has 0 aromatic carbocycles. The van der Waals surface area contributed by atoms with Crippen molar-refractivity contribution >= 4 is 23.6 Å². The third-order valence-electron chi connectivity index (χ3n) is 3.95. The van der Waals surface area contributed by atoms with Crippen LogP contribution in [0.3, 0.4) is 0 Å². The number of nitrogens with one attached hydrogen (secondary N) is 1. The Kier molecular flexibility index (Phi) is 6.17. The minimum Gasteiger partial charge on any atom is -0.342 e. The van der Waals surface area contributed by atoms with E-state index in [-0.39, 0.29) is 17.9 Å². The summed E-state index contributed by atoms with van der Waals surface area (Å²) in [5, 5.41) is 2.96. The van der Waals surface area contributed by atoms with Crippen molar-refractivity contribution in [3.63, 3.8) is 0 Å². The fraction of sp³-hybridized carbons (Fsp3) is 0.857. The summed E-state index contributed by atoms with van der Waals surface area (Å²) in [7, 11) is 0. The van der Waals surface area contributed by atoms with Crippen LogP contribution in [0.5, 0.6) is 0 Å². The highest BCUT2D eigenvalue weighted by Gasteiger charge is 2.43. The van der Waals surface area contributed by atoms with Crippen molar-refractivity contribution in [2.24, 2.45) is 0 Å². The van der Waals surface area contributed by atoms with Crippen LogP contribution in [0.4, 0.5) is 0 Å². The van der Waals surface area contributed by atoms with Gasteiger partial charge in [-0.05, 0) is 25.5 Å². The molecule has 1 rings (SSSR count). The predicted octanol–water partition coefficient (Wildman–Crippen LogP) is 2.04. The van der Waals surface area contributed by atoms with E-state index in [2.05, 4.69) is 12.2 Å². The number of hydrogen-bond acceptors (Lipinski definition) is 3. The second kappa shape index (κ2) is 7.17. The van der Waals surface area contributed by atoms with Gasteiger partial charge in [-0.3, -0.25) is 9.59 Å². The van der Waals surface area contributed by atoms with Crippen LogP contribution < -0.4 is 5.32 Å². The van der Waals surface area contributed by atoms with Crippen LogP contribution in [-0.4, -0.2) is 46.3 Å². The van der Waals surface area contributed by atoms with Gasteiger partial charge in [0.25, 0.3) is 0 Å². The van der Waals surface area contributed by atoms with Crippen LogP contribution in [0, 0.1) is 0 Å². The lowest BCUT2D eigenvalue weighted by atomic mass is 9.91. The molecule has 0 aromatic rings. The number of amides is 2. The third kappa shape index (κ3) is 3.65. The zero-order valence-corrected chi connectivity index (χ0v) is 13.3. The Morgan fingerprint density at radius 3 is 2.47 bits per heavy atom. The molecule has 19 heavy (non-hydrogen) atoms. The highest BCUT2D eigenvalue weighted by molar-refractivity contribution is 7.99. The summed E-state index contributed by atoms with van der Waals surface area (Å²) in [4.78, 5) is 26.6. The van der Waals surface area contributed by atoms with E-state index in [4.69, 9.17) is 0 Å². The molecule has 1 heterocycles. The maximum atomic E-state index is 12.8. The van der Waals surface area contributed by atoms with Crippen LogP contribution in [0.25, 0.3) is 0 Å². The minimum absolute atomic E-state index is 0.00445. The summed E-state index contributed by atoms with van der Waals surface area (Å²) in [5.74, 6) is 2.08. The van der Waals surface area contributed by atoms with Crippen LogP contribution in [0.15, 0.2) is 0 Å². The molecule has 0 bridgehead atoms. The standard InChI is InChI=1S/C14H26N2O2S/c1-5-14(6-2)13(18)16(8-9-19-7-3)11(4)10-12(17)15-14/h11H,5-10H2,1-4H3,(H,15,17). The largest absolute Gasteiger partial charge is 0.342 e. The molecule has 4 nitrogen and oxygen atoms in total. The predicted molar refractivity (Wildman–Crippen MR) is 80.2 cm³/mol. The Hall–Kier alpha value is -0.710. The summed E-state index contributed by atoms with van der Waals surface area (Å²) in [5.41, 5.74) is -0.696. The van der Waals surface area contributed by atoms with Crippen molar-refractivity contribution in [2.75, 3.05) is 18.1 Å². The van der Waals surface area contributed by atoms with Gasteiger partial charge < -0.3 is 10.2 Å². The SMILES string of the molecule is CCSCCN1C(=O)C(CC)(CC)NC(=O)CC1C. The molecule has 1 saturated heterocycles. The molecular formula is C14H26N2O2S. The van der Waals surface area contributed by atoms with Crippen molar-refractivity contribution in [2.45, 2.75) is 58.5 Å². The van der Waals surface area contributed by atoms with E-state index in [1.165, 1.54) is 0 Å². The van der Waals surface area contributed by atoms with E-state index in [9.17, 15) is 9.59 Å². The first-order chi connectivity index (χ1) is 9.00. The number of hydrogen-bond donors (Lipinski definition) is 1. The Balaban J connectivity index is 2.92. The number of carbonyl (C=O) groups is 2. The lowest BCUT2D eigenvalue weighted by molar-refractivity contribution is -0.140. The molecule has 0 saturated carbocycles. The number of rotatable bonds is 6. The van der Waals surface area contributed by atoms with E-state index >= 15 is 0 Å². The average molecular weight is 286 g/mol. The molecule has 2 amide bonds. The lowest BCUT2D eigenvalue weighted by Gasteiger charge is -2.35. The Morgan fingerprint density at radius 2 is 1.95 bits per heavy atom. The zero-order valence-electron chi connectivity index (χ0n) is 12.5. The molecule has 5 heteroatoms. The molecule has 1 fully saturated rings. The summed E-state index contributed by atoms with van der Waals surface area (Å²) in [6, 6.07) is -0.00932. The maximum absolute atomic E-state index is 12.8. The van der Waals surface area contributed by atoms with E-state index in [0.29, 0.717) is 19.3 Å². The van der Waals surface area contributed by atoms with Crippen molar-refractivity contribution in [3.05, 3.63) is 0 Å². The first kappa shape index (κ1) is 16.3. The number of thioether (sulfide) groups is 1. The Labute approximate surface area is 120 Å². The molecular weight excluding hydrogens is 260 g/mol. The van der Waals surface area contributed by atoms with Gasteiger partial charge in [-0.1, -0.05) is 20.8 Å². The molecule has 0 aliphatic carbocycles. The van der Waals surface area contributed by atoms with Gasteiger partial charge in [0.2, 0.25) is 11.8 Å². The summed E-state index contributed by atoms with van der Waals surface area (Å²) < 4.78 is 0. The molecule has 1 N–H and O–H groups in total. The van der Waals surface area contributed by atoms with E-state index < -0.39 is 5.54 Å². The normalized spacial score (nSPS) is 23.2. The number of carbonyl (C=O) groups excluding carboxylic acids is 2. The van der Waals surface area contributed by atoms with Gasteiger partial charge in [0.1, 0.15) is 5.54 Å². The fourth-order valence-corrected chi connectivity index (χ4v) is 3.20. The van der Waals surface area contributed by atoms with E-state index in [1.807, 2.05) is 37.4 Å². The van der Waals surface area contributed by atoms with Crippen LogP contribution in [0.1, 0.15) is 47.0 Å². The van der Waals surface area contributed by atoms with Gasteiger partial charge in [-0.15, -0.1) is 0 Å². The maximum Gasteiger partial charge on any atom is 0.248 e. The van der Waals surface area contributed by atoms with E-state index in [1.54, 1.807) is 0 Å². The molecule has 0 aromatic heterocycles. The molecule has 1 aliphatic heterocycles. The fourth-order valence-electron chi connectivity index (χ4n) is 2.58.